The van der Waals surface area contributed by atoms with Crippen LogP contribution in [0.5, 0.6) is 0 Å². The number of likely N-dealkylation sites (tertiary alicyclic amines) is 1. The number of hydrogen-bond acceptors (Lipinski definition) is 3. The molecule has 1 unspecified atom stereocenters. The number of halogens is 1. The van der Waals surface area contributed by atoms with E-state index in [1.165, 1.54) is 0 Å². The van der Waals surface area contributed by atoms with E-state index in [0.717, 1.165) is 12.8 Å². The van der Waals surface area contributed by atoms with Gasteiger partial charge >= 0.3 is 6.03 Å². The molecule has 0 spiro atoms. The Labute approximate surface area is 135 Å². The molecule has 1 fully saturated rings. The molecule has 8 heteroatoms. The molecule has 0 radical (unpaired) electrons. The number of carbonyl (C=O) groups is 2. The third-order valence-electron chi connectivity index (χ3n) is 3.69. The molecule has 0 aliphatic carbocycles. The first-order chi connectivity index (χ1) is 10.5. The molecule has 1 aliphatic rings. The predicted molar refractivity (Wildman–Crippen MR) is 83.6 cm³/mol. The summed E-state index contributed by atoms with van der Waals surface area (Å²) < 4.78 is 1.69. The van der Waals surface area contributed by atoms with Crippen molar-refractivity contribution in [3.05, 3.63) is 17.4 Å². The van der Waals surface area contributed by atoms with Gasteiger partial charge in [-0.3, -0.25) is 9.48 Å². The third kappa shape index (κ3) is 4.37. The topological polar surface area (TPSA) is 70.5 Å². The molecule has 0 bridgehead atoms. The summed E-state index contributed by atoms with van der Waals surface area (Å²) in [4.78, 5) is 27.5. The number of nitrogens with zero attached hydrogens (tertiary/aromatic N) is 4. The molecule has 1 aromatic heterocycles. The zero-order valence-electron chi connectivity index (χ0n) is 13.0. The summed E-state index contributed by atoms with van der Waals surface area (Å²) in [5, 5.41) is 7.54. The van der Waals surface area contributed by atoms with Gasteiger partial charge in [0.05, 0.1) is 23.7 Å². The first-order valence-electron chi connectivity index (χ1n) is 7.39. The summed E-state index contributed by atoms with van der Waals surface area (Å²) >= 11 is 5.78. The molecule has 0 aromatic carbocycles. The van der Waals surface area contributed by atoms with Crippen LogP contribution in [0.3, 0.4) is 0 Å². The average Bonchev–Trinajstić information content (AvgIpc) is 2.92. The summed E-state index contributed by atoms with van der Waals surface area (Å²) in [6, 6.07) is -0.0383. The van der Waals surface area contributed by atoms with E-state index in [0.29, 0.717) is 31.2 Å². The lowest BCUT2D eigenvalue weighted by molar-refractivity contribution is -0.126. The lowest BCUT2D eigenvalue weighted by atomic mass is 9.97. The smallest absolute Gasteiger partial charge is 0.319 e. The molecule has 1 N–H and O–H groups in total. The van der Waals surface area contributed by atoms with Gasteiger partial charge in [0.2, 0.25) is 5.91 Å². The SMILES string of the molecule is CN(C)C(=O)N1CCCC(C(=O)NCCn2cc(Cl)cn2)C1. The molecule has 7 nitrogen and oxygen atoms in total. The van der Waals surface area contributed by atoms with Crippen LogP contribution >= 0.6 is 11.6 Å². The molecule has 122 valence electrons. The minimum Gasteiger partial charge on any atom is -0.354 e. The molecule has 1 aliphatic heterocycles. The number of rotatable bonds is 4. The van der Waals surface area contributed by atoms with Crippen LogP contribution in [0.15, 0.2) is 12.4 Å². The lowest BCUT2D eigenvalue weighted by Gasteiger charge is -2.33. The molecular formula is C14H22ClN5O2. The van der Waals surface area contributed by atoms with E-state index in [1.807, 2.05) is 0 Å². The van der Waals surface area contributed by atoms with E-state index in [4.69, 9.17) is 11.6 Å². The largest absolute Gasteiger partial charge is 0.354 e. The lowest BCUT2D eigenvalue weighted by Crippen LogP contribution is -2.48. The number of urea groups is 1. The molecule has 2 heterocycles. The van der Waals surface area contributed by atoms with Gasteiger partial charge in [-0.05, 0) is 12.8 Å². The first kappa shape index (κ1) is 16.6. The van der Waals surface area contributed by atoms with E-state index in [-0.39, 0.29) is 17.9 Å². The Morgan fingerprint density at radius 1 is 1.50 bits per heavy atom. The van der Waals surface area contributed by atoms with Gasteiger partial charge in [-0.15, -0.1) is 0 Å². The fraction of sp³-hybridized carbons (Fsp3) is 0.643. The second kappa shape index (κ2) is 7.49. The third-order valence-corrected chi connectivity index (χ3v) is 3.88. The monoisotopic (exact) mass is 327 g/mol. The molecule has 1 atom stereocenters. The summed E-state index contributed by atoms with van der Waals surface area (Å²) in [6.45, 7) is 2.27. The molecular weight excluding hydrogens is 306 g/mol. The Kier molecular flexibility index (Phi) is 5.65. The highest BCUT2D eigenvalue weighted by Gasteiger charge is 2.28. The minimum absolute atomic E-state index is 0.00508. The first-order valence-corrected chi connectivity index (χ1v) is 7.77. The van der Waals surface area contributed by atoms with Crippen molar-refractivity contribution in [1.29, 1.82) is 0 Å². The van der Waals surface area contributed by atoms with Gasteiger partial charge in [0.1, 0.15) is 0 Å². The highest BCUT2D eigenvalue weighted by atomic mass is 35.5. The van der Waals surface area contributed by atoms with Crippen LogP contribution in [0, 0.1) is 5.92 Å². The van der Waals surface area contributed by atoms with Crippen LogP contribution in [0.1, 0.15) is 12.8 Å². The zero-order chi connectivity index (χ0) is 16.1. The standard InChI is InChI=1S/C14H22ClN5O2/c1-18(2)14(22)19-6-3-4-11(9-19)13(21)16-5-7-20-10-12(15)8-17-20/h8,10-11H,3-7,9H2,1-2H3,(H,16,21). The van der Waals surface area contributed by atoms with Crippen molar-refractivity contribution in [2.24, 2.45) is 5.92 Å². The number of nitrogens with one attached hydrogen (secondary N) is 1. The maximum absolute atomic E-state index is 12.2. The maximum Gasteiger partial charge on any atom is 0.319 e. The van der Waals surface area contributed by atoms with Gasteiger partial charge in [0.15, 0.2) is 0 Å². The van der Waals surface area contributed by atoms with Gasteiger partial charge in [-0.25, -0.2) is 4.79 Å². The quantitative estimate of drug-likeness (QED) is 0.898. The van der Waals surface area contributed by atoms with Crippen molar-refractivity contribution in [3.8, 4) is 0 Å². The van der Waals surface area contributed by atoms with Crippen molar-refractivity contribution >= 4 is 23.5 Å². The van der Waals surface area contributed by atoms with Crippen molar-refractivity contribution in [3.63, 3.8) is 0 Å². The van der Waals surface area contributed by atoms with Crippen LogP contribution in [-0.4, -0.2) is 65.2 Å². The van der Waals surface area contributed by atoms with Crippen molar-refractivity contribution in [2.75, 3.05) is 33.7 Å². The Morgan fingerprint density at radius 2 is 2.27 bits per heavy atom. The van der Waals surface area contributed by atoms with Gasteiger partial charge in [-0.1, -0.05) is 11.6 Å². The van der Waals surface area contributed by atoms with Crippen LogP contribution in [0.4, 0.5) is 4.79 Å². The summed E-state index contributed by atoms with van der Waals surface area (Å²) in [7, 11) is 3.45. The Hall–Kier alpha value is -1.76. The summed E-state index contributed by atoms with van der Waals surface area (Å²) in [6.07, 6.45) is 4.95. The number of carbonyl (C=O) groups excluding carboxylic acids is 2. The number of piperidine rings is 1. The van der Waals surface area contributed by atoms with E-state index in [2.05, 4.69) is 10.4 Å². The number of hydrogen-bond donors (Lipinski definition) is 1. The molecule has 3 amide bonds. The fourth-order valence-electron chi connectivity index (χ4n) is 2.55. The molecule has 1 saturated heterocycles. The predicted octanol–water partition coefficient (Wildman–Crippen LogP) is 1.05. The molecule has 0 saturated carbocycles. The fourth-order valence-corrected chi connectivity index (χ4v) is 2.70. The molecule has 1 aromatic rings. The highest BCUT2D eigenvalue weighted by molar-refractivity contribution is 6.30. The van der Waals surface area contributed by atoms with Gasteiger partial charge in [0.25, 0.3) is 0 Å². The van der Waals surface area contributed by atoms with E-state index in [1.54, 1.807) is 41.0 Å². The van der Waals surface area contributed by atoms with E-state index < -0.39 is 0 Å². The number of amides is 3. The van der Waals surface area contributed by atoms with Crippen LogP contribution in [-0.2, 0) is 11.3 Å². The van der Waals surface area contributed by atoms with E-state index in [9.17, 15) is 9.59 Å². The minimum atomic E-state index is -0.140. The van der Waals surface area contributed by atoms with Crippen LogP contribution < -0.4 is 5.32 Å². The Bertz CT molecular complexity index is 531. The van der Waals surface area contributed by atoms with Gasteiger partial charge in [0, 0.05) is 39.9 Å². The number of aromatic nitrogens is 2. The second-order valence-corrected chi connectivity index (χ2v) is 6.11. The van der Waals surface area contributed by atoms with Crippen molar-refractivity contribution in [1.82, 2.24) is 24.9 Å². The maximum atomic E-state index is 12.2. The normalized spacial score (nSPS) is 18.1. The van der Waals surface area contributed by atoms with Crippen LogP contribution in [0.2, 0.25) is 5.02 Å². The molecule has 22 heavy (non-hydrogen) atoms. The van der Waals surface area contributed by atoms with Gasteiger partial charge in [-0.2, -0.15) is 5.10 Å². The highest BCUT2D eigenvalue weighted by Crippen LogP contribution is 2.17. The van der Waals surface area contributed by atoms with Crippen molar-refractivity contribution < 1.29 is 9.59 Å². The Balaban J connectivity index is 1.78. The average molecular weight is 328 g/mol. The molecule has 2 rings (SSSR count). The van der Waals surface area contributed by atoms with E-state index >= 15 is 0 Å². The van der Waals surface area contributed by atoms with Crippen molar-refractivity contribution in [2.45, 2.75) is 19.4 Å². The second-order valence-electron chi connectivity index (χ2n) is 5.67. The van der Waals surface area contributed by atoms with Gasteiger partial charge < -0.3 is 15.1 Å². The summed E-state index contributed by atoms with van der Waals surface area (Å²) in [5.41, 5.74) is 0. The zero-order valence-corrected chi connectivity index (χ0v) is 13.7. The van der Waals surface area contributed by atoms with Crippen LogP contribution in [0.25, 0.3) is 0 Å². The Morgan fingerprint density at radius 3 is 2.91 bits per heavy atom. The summed E-state index contributed by atoms with van der Waals surface area (Å²) in [5.74, 6) is -0.145.